The zero-order valence-corrected chi connectivity index (χ0v) is 23.8. The highest BCUT2D eigenvalue weighted by Gasteiger charge is 2.76. The Morgan fingerprint density at radius 3 is 2.09 bits per heavy atom. The van der Waals surface area contributed by atoms with Crippen molar-refractivity contribution in [2.45, 2.75) is 47.5 Å². The number of likely N-dealkylation sites (tertiary alicyclic amines) is 1. The lowest BCUT2D eigenvalue weighted by Gasteiger charge is -2.49. The highest BCUT2D eigenvalue weighted by atomic mass is 35.5. The summed E-state index contributed by atoms with van der Waals surface area (Å²) in [6.45, 7) is -0.535. The van der Waals surface area contributed by atoms with Gasteiger partial charge in [-0.15, -0.1) is 23.2 Å². The molecule has 2 aromatic rings. The Kier molecular flexibility index (Phi) is 6.67. The van der Waals surface area contributed by atoms with Crippen molar-refractivity contribution in [3.05, 3.63) is 64.6 Å². The number of aliphatic hydroxyl groups is 1. The average molecular weight is 665 g/mol. The fourth-order valence-corrected chi connectivity index (χ4v) is 8.01. The molecule has 6 rings (SSSR count). The van der Waals surface area contributed by atoms with Crippen molar-refractivity contribution in [2.75, 3.05) is 11.9 Å². The number of fused-ring (bicyclic) bond motifs is 4. The lowest BCUT2D eigenvalue weighted by molar-refractivity contribution is -0.143. The molecule has 1 aromatic heterocycles. The zero-order chi connectivity index (χ0) is 32.3. The summed E-state index contributed by atoms with van der Waals surface area (Å²) in [7, 11) is 1.16. The van der Waals surface area contributed by atoms with Gasteiger partial charge in [-0.1, -0.05) is 11.6 Å². The Morgan fingerprint density at radius 2 is 1.55 bits per heavy atom. The lowest BCUT2D eigenvalue weighted by atomic mass is 9.57. The molecule has 3 fully saturated rings. The molecule has 2 aliphatic carbocycles. The number of allylic oxidation sites excluding steroid dienone is 2. The van der Waals surface area contributed by atoms with Gasteiger partial charge in [0.15, 0.2) is 9.75 Å². The molecule has 16 heteroatoms. The number of nitrogens with zero attached hydrogens (tertiary/aromatic N) is 2. The molecule has 8 nitrogen and oxygen atoms in total. The second kappa shape index (κ2) is 9.57. The predicted octanol–water partition coefficient (Wildman–Crippen LogP) is 5.00. The van der Waals surface area contributed by atoms with E-state index in [1.165, 1.54) is 18.2 Å². The van der Waals surface area contributed by atoms with Crippen LogP contribution in [0.15, 0.2) is 46.4 Å². The molecule has 1 N–H and O–H groups in total. The maximum Gasteiger partial charge on any atom is 0.416 e. The molecule has 2 saturated heterocycles. The summed E-state index contributed by atoms with van der Waals surface area (Å²) in [4.78, 5) is 51.0. The molecule has 44 heavy (non-hydrogen) atoms. The smallest absolute Gasteiger partial charge is 0.416 e. The number of carbonyl (C=O) groups is 4. The summed E-state index contributed by atoms with van der Waals surface area (Å²) >= 11 is 13.9. The minimum absolute atomic E-state index is 0.0150. The van der Waals surface area contributed by atoms with E-state index in [-0.39, 0.29) is 29.6 Å². The van der Waals surface area contributed by atoms with E-state index in [1.807, 2.05) is 0 Å². The molecular weight excluding hydrogens is 645 g/mol. The lowest BCUT2D eigenvalue weighted by Crippen LogP contribution is -2.60. The first kappa shape index (κ1) is 30.7. The van der Waals surface area contributed by atoms with Crippen molar-refractivity contribution in [1.82, 2.24) is 4.90 Å². The minimum Gasteiger partial charge on any atom is -0.463 e. The summed E-state index contributed by atoms with van der Waals surface area (Å²) in [6.07, 6.45) is -9.59. The molecular formula is C28H20Cl2F6N2O6. The average Bonchev–Trinajstić information content (AvgIpc) is 3.56. The Hall–Kier alpha value is -3.36. The third-order valence-electron chi connectivity index (χ3n) is 8.97. The van der Waals surface area contributed by atoms with Crippen LogP contribution in [-0.4, -0.2) is 50.4 Å². The van der Waals surface area contributed by atoms with Gasteiger partial charge in [-0.3, -0.25) is 24.1 Å². The van der Waals surface area contributed by atoms with Crippen LogP contribution in [0.25, 0.3) is 0 Å². The van der Waals surface area contributed by atoms with Crippen molar-refractivity contribution >= 4 is 52.5 Å². The molecule has 1 aromatic carbocycles. The van der Waals surface area contributed by atoms with Gasteiger partial charge >= 0.3 is 12.4 Å². The van der Waals surface area contributed by atoms with E-state index in [0.29, 0.717) is 17.0 Å². The summed E-state index contributed by atoms with van der Waals surface area (Å²) < 4.78 is 87.2. The van der Waals surface area contributed by atoms with Crippen molar-refractivity contribution in [2.24, 2.45) is 17.8 Å². The summed E-state index contributed by atoms with van der Waals surface area (Å²) in [6, 6.07) is 3.26. The van der Waals surface area contributed by atoms with Crippen molar-refractivity contribution in [3.63, 3.8) is 0 Å². The molecule has 3 heterocycles. The maximum atomic E-state index is 13.9. The van der Waals surface area contributed by atoms with Crippen LogP contribution in [0, 0.1) is 17.8 Å². The summed E-state index contributed by atoms with van der Waals surface area (Å²) in [5.74, 6) is -8.78. The van der Waals surface area contributed by atoms with Crippen LogP contribution in [0.2, 0.25) is 0 Å². The SMILES string of the molecule is CN1C(=O)C2(Cl)CC3C(=CCC4C(=O)N(c5cc(C(F)(F)F)cc(C(F)(F)F)c5)C(=O)C43)C(c3ccc(CO)o3)C2(Cl)C1=O. The summed E-state index contributed by atoms with van der Waals surface area (Å²) in [5.41, 5.74) is -4.05. The number of aliphatic hydroxyl groups excluding tert-OH is 1. The monoisotopic (exact) mass is 664 g/mol. The van der Waals surface area contributed by atoms with Crippen LogP contribution < -0.4 is 4.90 Å². The first-order chi connectivity index (χ1) is 20.4. The second-order valence-corrected chi connectivity index (χ2v) is 12.5. The largest absolute Gasteiger partial charge is 0.463 e. The van der Waals surface area contributed by atoms with E-state index in [1.54, 1.807) is 0 Å². The number of halogens is 8. The van der Waals surface area contributed by atoms with Crippen molar-refractivity contribution < 1.29 is 55.0 Å². The van der Waals surface area contributed by atoms with Crippen LogP contribution in [0.1, 0.15) is 41.4 Å². The Bertz CT molecular complexity index is 1640. The summed E-state index contributed by atoms with van der Waals surface area (Å²) in [5, 5.41) is 9.56. The molecule has 1 saturated carbocycles. The number of rotatable bonds is 3. The van der Waals surface area contributed by atoms with Gasteiger partial charge in [0.25, 0.3) is 11.8 Å². The maximum absolute atomic E-state index is 13.9. The Morgan fingerprint density at radius 1 is 0.932 bits per heavy atom. The number of furan rings is 1. The van der Waals surface area contributed by atoms with Gasteiger partial charge < -0.3 is 9.52 Å². The van der Waals surface area contributed by atoms with Crippen LogP contribution >= 0.6 is 23.2 Å². The van der Waals surface area contributed by atoms with Gasteiger partial charge in [0, 0.05) is 7.05 Å². The number of anilines is 1. The highest BCUT2D eigenvalue weighted by molar-refractivity contribution is 6.53. The number of benzene rings is 1. The van der Waals surface area contributed by atoms with E-state index in [0.717, 1.165) is 11.9 Å². The quantitative estimate of drug-likeness (QED) is 0.214. The van der Waals surface area contributed by atoms with E-state index in [4.69, 9.17) is 27.6 Å². The van der Waals surface area contributed by atoms with Gasteiger partial charge in [0.2, 0.25) is 11.8 Å². The van der Waals surface area contributed by atoms with Crippen LogP contribution in [0.4, 0.5) is 32.0 Å². The first-order valence-corrected chi connectivity index (χ1v) is 13.9. The van der Waals surface area contributed by atoms with Gasteiger partial charge in [-0.25, -0.2) is 4.90 Å². The van der Waals surface area contributed by atoms with E-state index in [9.17, 15) is 50.6 Å². The number of hydrogen-bond acceptors (Lipinski definition) is 6. The first-order valence-electron chi connectivity index (χ1n) is 13.1. The molecule has 0 bridgehead atoms. The molecule has 0 radical (unpaired) electrons. The van der Waals surface area contributed by atoms with Crippen molar-refractivity contribution in [1.29, 1.82) is 0 Å². The molecule has 4 amide bonds. The minimum atomic E-state index is -5.23. The number of carbonyl (C=O) groups excluding carboxylic acids is 4. The van der Waals surface area contributed by atoms with Crippen LogP contribution in [-0.2, 0) is 38.1 Å². The second-order valence-electron chi connectivity index (χ2n) is 11.2. The number of imide groups is 2. The number of hydrogen-bond donors (Lipinski definition) is 1. The third-order valence-corrected chi connectivity index (χ3v) is 10.4. The van der Waals surface area contributed by atoms with Crippen molar-refractivity contribution in [3.8, 4) is 0 Å². The van der Waals surface area contributed by atoms with Gasteiger partial charge in [0.05, 0.1) is 34.6 Å². The Labute approximate surface area is 254 Å². The van der Waals surface area contributed by atoms with Crippen LogP contribution in [0.5, 0.6) is 0 Å². The van der Waals surface area contributed by atoms with Crippen LogP contribution in [0.3, 0.4) is 0 Å². The molecule has 6 atom stereocenters. The molecule has 2 aliphatic heterocycles. The third kappa shape index (κ3) is 4.02. The fourth-order valence-electron chi connectivity index (χ4n) is 7.01. The fraction of sp³-hybridized carbons (Fsp3) is 0.429. The zero-order valence-electron chi connectivity index (χ0n) is 22.3. The molecule has 234 valence electrons. The van der Waals surface area contributed by atoms with E-state index >= 15 is 0 Å². The number of amides is 4. The molecule has 4 aliphatic rings. The normalized spacial score (nSPS) is 32.2. The Balaban J connectivity index is 1.49. The topological polar surface area (TPSA) is 108 Å². The highest BCUT2D eigenvalue weighted by Crippen LogP contribution is 2.65. The van der Waals surface area contributed by atoms with Gasteiger partial charge in [-0.2, -0.15) is 26.3 Å². The van der Waals surface area contributed by atoms with E-state index in [2.05, 4.69) is 0 Å². The standard InChI is InChI=1S/C28H20Cl2F6N2O6/c1-37-23(42)25(29)9-17-15(20(26(25,30)24(37)43)18-5-2-14(10-39)44-18)3-4-16-19(17)22(41)38(21(16)40)13-7-11(27(31,32)33)6-12(8-13)28(34,35)36/h2-3,5-8,16-17,19-20,39H,4,9-10H2,1H3. The van der Waals surface area contributed by atoms with E-state index < -0.39 is 99.2 Å². The molecule has 6 unspecified atom stereocenters. The predicted molar refractivity (Wildman–Crippen MR) is 139 cm³/mol. The van der Waals surface area contributed by atoms with Gasteiger partial charge in [-0.05, 0) is 49.1 Å². The van der Waals surface area contributed by atoms with Gasteiger partial charge in [0.1, 0.15) is 18.1 Å². The molecule has 0 spiro atoms. The number of alkyl halides is 8.